The Kier molecular flexibility index (Phi) is 5.45. The van der Waals surface area contributed by atoms with Crippen molar-refractivity contribution in [2.24, 2.45) is 5.73 Å². The van der Waals surface area contributed by atoms with E-state index < -0.39 is 0 Å². The second-order valence-electron chi connectivity index (χ2n) is 4.02. The fourth-order valence-electron chi connectivity index (χ4n) is 2.23. The number of likely N-dealkylation sites (tertiary alicyclic amines) is 1. The van der Waals surface area contributed by atoms with E-state index in [-0.39, 0.29) is 23.9 Å². The monoisotopic (exact) mass is 220 g/mol. The van der Waals surface area contributed by atoms with Gasteiger partial charge >= 0.3 is 0 Å². The molecule has 0 saturated carbocycles. The molecule has 1 aliphatic heterocycles. The normalized spacial score (nSPS) is 27.3. The van der Waals surface area contributed by atoms with Crippen LogP contribution in [0.5, 0.6) is 0 Å². The Bertz CT molecular complexity index is 199. The van der Waals surface area contributed by atoms with E-state index in [1.807, 2.05) is 7.05 Å². The van der Waals surface area contributed by atoms with Gasteiger partial charge in [0.15, 0.2) is 0 Å². The van der Waals surface area contributed by atoms with Gasteiger partial charge < -0.3 is 5.73 Å². The highest BCUT2D eigenvalue weighted by atomic mass is 35.5. The summed E-state index contributed by atoms with van der Waals surface area (Å²) < 4.78 is 0. The summed E-state index contributed by atoms with van der Waals surface area (Å²) in [6, 6.07) is 0. The highest BCUT2D eigenvalue weighted by Crippen LogP contribution is 2.32. The molecule has 2 N–H and O–H groups in total. The highest BCUT2D eigenvalue weighted by molar-refractivity contribution is 5.85. The molecule has 0 aromatic carbocycles. The summed E-state index contributed by atoms with van der Waals surface area (Å²) >= 11 is 0. The van der Waals surface area contributed by atoms with Crippen molar-refractivity contribution in [3.8, 4) is 0 Å². The van der Waals surface area contributed by atoms with Crippen LogP contribution in [0, 0.1) is 0 Å². The molecule has 1 atom stereocenters. The Balaban J connectivity index is 0.00000169. The summed E-state index contributed by atoms with van der Waals surface area (Å²) in [7, 11) is 2.01. The van der Waals surface area contributed by atoms with E-state index >= 15 is 0 Å². The van der Waals surface area contributed by atoms with Crippen molar-refractivity contribution in [1.29, 1.82) is 0 Å². The van der Waals surface area contributed by atoms with Crippen LogP contribution in [0.1, 0.15) is 39.0 Å². The average Bonchev–Trinajstić information content (AvgIpc) is 2.45. The molecule has 84 valence electrons. The molecule has 14 heavy (non-hydrogen) atoms. The molecule has 0 aromatic heterocycles. The summed E-state index contributed by atoms with van der Waals surface area (Å²) in [4.78, 5) is 13.6. The standard InChI is InChI=1S/C10H20N2O.ClH/c1-3-4-6-10(9(11)13)7-5-8-12(10)2;/h3-8H2,1-2H3,(H2,11,13);1H. The first kappa shape index (κ1) is 13.7. The molecule has 1 rings (SSSR count). The number of carbonyl (C=O) groups excluding carboxylic acids is 1. The molecule has 1 unspecified atom stereocenters. The van der Waals surface area contributed by atoms with E-state index in [1.54, 1.807) is 0 Å². The lowest BCUT2D eigenvalue weighted by Gasteiger charge is -2.32. The van der Waals surface area contributed by atoms with Crippen molar-refractivity contribution in [2.75, 3.05) is 13.6 Å². The first-order chi connectivity index (χ1) is 6.13. The third-order valence-corrected chi connectivity index (χ3v) is 3.22. The van der Waals surface area contributed by atoms with Crippen molar-refractivity contribution < 1.29 is 4.79 Å². The van der Waals surface area contributed by atoms with Gasteiger partial charge in [-0.05, 0) is 32.9 Å². The van der Waals surface area contributed by atoms with Gasteiger partial charge in [0.25, 0.3) is 0 Å². The van der Waals surface area contributed by atoms with Crippen LogP contribution in [0.15, 0.2) is 0 Å². The van der Waals surface area contributed by atoms with Crippen LogP contribution in [0.3, 0.4) is 0 Å². The second kappa shape index (κ2) is 5.56. The predicted molar refractivity (Wildman–Crippen MR) is 60.6 cm³/mol. The van der Waals surface area contributed by atoms with Gasteiger partial charge in [0.2, 0.25) is 5.91 Å². The Labute approximate surface area is 92.4 Å². The zero-order valence-electron chi connectivity index (χ0n) is 9.08. The number of halogens is 1. The van der Waals surface area contributed by atoms with Crippen LogP contribution in [-0.2, 0) is 4.79 Å². The van der Waals surface area contributed by atoms with Gasteiger partial charge in [-0.25, -0.2) is 0 Å². The lowest BCUT2D eigenvalue weighted by molar-refractivity contribution is -0.128. The van der Waals surface area contributed by atoms with Gasteiger partial charge in [0, 0.05) is 0 Å². The number of unbranched alkanes of at least 4 members (excludes halogenated alkanes) is 1. The maximum absolute atomic E-state index is 11.4. The lowest BCUT2D eigenvalue weighted by Crippen LogP contribution is -2.52. The van der Waals surface area contributed by atoms with E-state index in [1.165, 1.54) is 0 Å². The molecule has 0 radical (unpaired) electrons. The molecule has 0 aromatic rings. The van der Waals surface area contributed by atoms with Crippen molar-refractivity contribution in [3.05, 3.63) is 0 Å². The number of primary amides is 1. The van der Waals surface area contributed by atoms with Gasteiger partial charge in [-0.1, -0.05) is 19.8 Å². The smallest absolute Gasteiger partial charge is 0.237 e. The summed E-state index contributed by atoms with van der Waals surface area (Å²) in [6.45, 7) is 3.15. The van der Waals surface area contributed by atoms with Crippen molar-refractivity contribution >= 4 is 18.3 Å². The van der Waals surface area contributed by atoms with Crippen molar-refractivity contribution in [1.82, 2.24) is 4.90 Å². The van der Waals surface area contributed by atoms with Crippen LogP contribution in [0.4, 0.5) is 0 Å². The quantitative estimate of drug-likeness (QED) is 0.782. The Morgan fingerprint density at radius 1 is 1.57 bits per heavy atom. The molecule has 4 heteroatoms. The molecule has 3 nitrogen and oxygen atoms in total. The SMILES string of the molecule is CCCCC1(C(N)=O)CCCN1C.Cl. The lowest BCUT2D eigenvalue weighted by atomic mass is 9.89. The number of hydrogen-bond donors (Lipinski definition) is 1. The minimum atomic E-state index is -0.323. The Morgan fingerprint density at radius 2 is 2.21 bits per heavy atom. The summed E-state index contributed by atoms with van der Waals surface area (Å²) in [5, 5.41) is 0. The molecular formula is C10H21ClN2O. The largest absolute Gasteiger partial charge is 0.368 e. The Hall–Kier alpha value is -0.280. The second-order valence-corrected chi connectivity index (χ2v) is 4.02. The molecule has 1 saturated heterocycles. The first-order valence-electron chi connectivity index (χ1n) is 5.14. The van der Waals surface area contributed by atoms with Crippen molar-refractivity contribution in [2.45, 2.75) is 44.6 Å². The molecule has 0 bridgehead atoms. The molecule has 0 spiro atoms. The van der Waals surface area contributed by atoms with Gasteiger partial charge in [0.1, 0.15) is 0 Å². The fourth-order valence-corrected chi connectivity index (χ4v) is 2.23. The molecule has 1 amide bonds. The maximum atomic E-state index is 11.4. The minimum absolute atomic E-state index is 0. The molecule has 0 aliphatic carbocycles. The van der Waals surface area contributed by atoms with Crippen LogP contribution in [0.25, 0.3) is 0 Å². The average molecular weight is 221 g/mol. The van der Waals surface area contributed by atoms with Crippen LogP contribution < -0.4 is 5.73 Å². The number of nitrogens with zero attached hydrogens (tertiary/aromatic N) is 1. The van der Waals surface area contributed by atoms with Gasteiger partial charge in [-0.2, -0.15) is 0 Å². The first-order valence-corrected chi connectivity index (χ1v) is 5.14. The third-order valence-electron chi connectivity index (χ3n) is 3.22. The van der Waals surface area contributed by atoms with Gasteiger partial charge in [-0.3, -0.25) is 9.69 Å². The zero-order chi connectivity index (χ0) is 9.90. The number of carbonyl (C=O) groups is 1. The molecule has 1 aliphatic rings. The van der Waals surface area contributed by atoms with E-state index in [9.17, 15) is 4.79 Å². The zero-order valence-corrected chi connectivity index (χ0v) is 9.90. The summed E-state index contributed by atoms with van der Waals surface area (Å²) in [5.74, 6) is -0.138. The van der Waals surface area contributed by atoms with Crippen molar-refractivity contribution in [3.63, 3.8) is 0 Å². The van der Waals surface area contributed by atoms with E-state index in [2.05, 4.69) is 11.8 Å². The third kappa shape index (κ3) is 2.39. The number of likely N-dealkylation sites (N-methyl/N-ethyl adjacent to an activating group) is 1. The number of amides is 1. The maximum Gasteiger partial charge on any atom is 0.237 e. The fraction of sp³-hybridized carbons (Fsp3) is 0.900. The van der Waals surface area contributed by atoms with E-state index in [4.69, 9.17) is 5.73 Å². The minimum Gasteiger partial charge on any atom is -0.368 e. The Morgan fingerprint density at radius 3 is 2.57 bits per heavy atom. The van der Waals surface area contributed by atoms with E-state index in [0.717, 1.165) is 38.6 Å². The van der Waals surface area contributed by atoms with Gasteiger partial charge in [0.05, 0.1) is 5.54 Å². The molecule has 1 fully saturated rings. The highest BCUT2D eigenvalue weighted by Gasteiger charge is 2.43. The predicted octanol–water partition coefficient (Wildman–Crippen LogP) is 1.55. The summed E-state index contributed by atoms with van der Waals surface area (Å²) in [5.41, 5.74) is 5.16. The topological polar surface area (TPSA) is 46.3 Å². The van der Waals surface area contributed by atoms with E-state index in [0.29, 0.717) is 0 Å². The summed E-state index contributed by atoms with van der Waals surface area (Å²) in [6.07, 6.45) is 5.19. The van der Waals surface area contributed by atoms with Crippen LogP contribution in [-0.4, -0.2) is 29.9 Å². The van der Waals surface area contributed by atoms with Crippen LogP contribution in [0.2, 0.25) is 0 Å². The molecule has 1 heterocycles. The number of nitrogens with two attached hydrogens (primary N) is 1. The van der Waals surface area contributed by atoms with Crippen LogP contribution >= 0.6 is 12.4 Å². The number of hydrogen-bond acceptors (Lipinski definition) is 2. The van der Waals surface area contributed by atoms with Gasteiger partial charge in [-0.15, -0.1) is 12.4 Å². The number of rotatable bonds is 4. The molecular weight excluding hydrogens is 200 g/mol.